The lowest BCUT2D eigenvalue weighted by atomic mass is 9.95. The zero-order valence-electron chi connectivity index (χ0n) is 9.80. The highest BCUT2D eigenvalue weighted by Gasteiger charge is 2.32. The van der Waals surface area contributed by atoms with Crippen molar-refractivity contribution in [2.45, 2.75) is 12.5 Å². The van der Waals surface area contributed by atoms with E-state index in [1.807, 2.05) is 22.6 Å². The molecule has 0 saturated carbocycles. The third kappa shape index (κ3) is 3.59. The zero-order chi connectivity index (χ0) is 14.1. The summed E-state index contributed by atoms with van der Waals surface area (Å²) in [4.78, 5) is 0. The normalized spacial score (nSPS) is 15.4. The second-order valence-electron chi connectivity index (χ2n) is 4.13. The van der Waals surface area contributed by atoms with Crippen LogP contribution in [0.5, 0.6) is 0 Å². The van der Waals surface area contributed by atoms with E-state index in [1.54, 1.807) is 0 Å². The molecule has 18 heavy (non-hydrogen) atoms. The SMILES string of the molecule is CNS(=O)(=O)CC(C)(N)c1cc(I)cc(F)c1F. The van der Waals surface area contributed by atoms with E-state index in [0.29, 0.717) is 3.57 Å². The molecule has 1 aromatic rings. The predicted molar refractivity (Wildman–Crippen MR) is 73.5 cm³/mol. The fourth-order valence-electron chi connectivity index (χ4n) is 1.52. The van der Waals surface area contributed by atoms with Crippen molar-refractivity contribution in [1.82, 2.24) is 4.72 Å². The van der Waals surface area contributed by atoms with E-state index in [9.17, 15) is 17.2 Å². The largest absolute Gasteiger partial charge is 0.321 e. The first-order valence-electron chi connectivity index (χ1n) is 4.94. The summed E-state index contributed by atoms with van der Waals surface area (Å²) < 4.78 is 52.4. The number of benzene rings is 1. The Bertz CT molecular complexity index is 561. The molecular weight excluding hydrogens is 377 g/mol. The van der Waals surface area contributed by atoms with Crippen LogP contribution in [0.3, 0.4) is 0 Å². The van der Waals surface area contributed by atoms with E-state index in [2.05, 4.69) is 4.72 Å². The smallest absolute Gasteiger partial charge is 0.213 e. The van der Waals surface area contributed by atoms with Crippen molar-refractivity contribution in [3.63, 3.8) is 0 Å². The topological polar surface area (TPSA) is 72.2 Å². The minimum Gasteiger partial charge on any atom is -0.321 e. The van der Waals surface area contributed by atoms with Crippen molar-refractivity contribution >= 4 is 32.6 Å². The van der Waals surface area contributed by atoms with Gasteiger partial charge in [-0.1, -0.05) is 0 Å². The zero-order valence-corrected chi connectivity index (χ0v) is 12.8. The molecule has 1 unspecified atom stereocenters. The number of nitrogens with two attached hydrogens (primary N) is 1. The number of halogens is 3. The highest BCUT2D eigenvalue weighted by molar-refractivity contribution is 14.1. The van der Waals surface area contributed by atoms with Crippen molar-refractivity contribution in [2.75, 3.05) is 12.8 Å². The minimum atomic E-state index is -3.63. The molecule has 8 heteroatoms. The van der Waals surface area contributed by atoms with E-state index in [0.717, 1.165) is 6.07 Å². The molecule has 0 spiro atoms. The fourth-order valence-corrected chi connectivity index (χ4v) is 3.19. The van der Waals surface area contributed by atoms with Crippen molar-refractivity contribution < 1.29 is 17.2 Å². The molecular formula is C10H13F2IN2O2S. The highest BCUT2D eigenvalue weighted by Crippen LogP contribution is 2.26. The molecule has 0 aliphatic carbocycles. The van der Waals surface area contributed by atoms with Gasteiger partial charge in [0.2, 0.25) is 10.0 Å². The molecule has 1 rings (SSSR count). The predicted octanol–water partition coefficient (Wildman–Crippen LogP) is 1.29. The van der Waals surface area contributed by atoms with Crippen molar-refractivity contribution in [2.24, 2.45) is 5.73 Å². The average Bonchev–Trinajstić information content (AvgIpc) is 2.21. The quantitative estimate of drug-likeness (QED) is 0.602. The minimum absolute atomic E-state index is 0.161. The maximum absolute atomic E-state index is 13.7. The van der Waals surface area contributed by atoms with Gasteiger partial charge in [0.15, 0.2) is 11.6 Å². The van der Waals surface area contributed by atoms with Crippen LogP contribution in [0, 0.1) is 15.2 Å². The summed E-state index contributed by atoms with van der Waals surface area (Å²) in [6.07, 6.45) is 0. The summed E-state index contributed by atoms with van der Waals surface area (Å²) in [5.41, 5.74) is 4.13. The van der Waals surface area contributed by atoms with Gasteiger partial charge in [0.1, 0.15) is 0 Å². The number of hydrogen-bond donors (Lipinski definition) is 2. The van der Waals surface area contributed by atoms with Gasteiger partial charge in [-0.3, -0.25) is 0 Å². The van der Waals surface area contributed by atoms with Gasteiger partial charge in [0.05, 0.1) is 11.3 Å². The monoisotopic (exact) mass is 390 g/mol. The van der Waals surface area contributed by atoms with Crippen LogP contribution < -0.4 is 10.5 Å². The molecule has 1 aromatic carbocycles. The molecule has 1 atom stereocenters. The van der Waals surface area contributed by atoms with Crippen molar-refractivity contribution in [1.29, 1.82) is 0 Å². The van der Waals surface area contributed by atoms with Crippen LogP contribution in [0.1, 0.15) is 12.5 Å². The molecule has 102 valence electrons. The Morgan fingerprint density at radius 3 is 2.50 bits per heavy atom. The molecule has 3 N–H and O–H groups in total. The standard InChI is InChI=1S/C10H13F2IN2O2S/c1-10(14,5-18(16,17)15-2)7-3-6(13)4-8(11)9(7)12/h3-4,15H,5,14H2,1-2H3. The Kier molecular flexibility index (Phi) is 4.68. The Labute approximate surface area is 118 Å². The molecule has 0 bridgehead atoms. The summed E-state index contributed by atoms with van der Waals surface area (Å²) in [5, 5.41) is 0. The first-order chi connectivity index (χ1) is 8.09. The van der Waals surface area contributed by atoms with Crippen molar-refractivity contribution in [3.8, 4) is 0 Å². The third-order valence-corrected chi connectivity index (χ3v) is 4.63. The Balaban J connectivity index is 3.28. The van der Waals surface area contributed by atoms with Gasteiger partial charge in [0, 0.05) is 9.13 Å². The maximum atomic E-state index is 13.7. The van der Waals surface area contributed by atoms with Crippen LogP contribution >= 0.6 is 22.6 Å². The molecule has 0 aliphatic heterocycles. The lowest BCUT2D eigenvalue weighted by Crippen LogP contribution is -2.44. The lowest BCUT2D eigenvalue weighted by Gasteiger charge is -2.25. The summed E-state index contributed by atoms with van der Waals surface area (Å²) >= 11 is 1.81. The van der Waals surface area contributed by atoms with Crippen LogP contribution in [0.2, 0.25) is 0 Å². The second-order valence-corrected chi connectivity index (χ2v) is 7.30. The van der Waals surface area contributed by atoms with Gasteiger partial charge in [-0.2, -0.15) is 0 Å². The first kappa shape index (κ1) is 15.7. The summed E-state index contributed by atoms with van der Waals surface area (Å²) in [6.45, 7) is 1.34. The van der Waals surface area contributed by atoms with Crippen LogP contribution in [-0.4, -0.2) is 21.2 Å². The number of nitrogens with one attached hydrogen (secondary N) is 1. The summed E-state index contributed by atoms with van der Waals surface area (Å²) in [6, 6.07) is 2.35. The number of rotatable bonds is 4. The van der Waals surface area contributed by atoms with Gasteiger partial charge in [-0.15, -0.1) is 0 Å². The van der Waals surface area contributed by atoms with Crippen LogP contribution in [-0.2, 0) is 15.6 Å². The van der Waals surface area contributed by atoms with E-state index in [1.165, 1.54) is 20.0 Å². The molecule has 0 aromatic heterocycles. The summed E-state index contributed by atoms with van der Waals surface area (Å²) in [5.74, 6) is -2.70. The van der Waals surface area contributed by atoms with Crippen molar-refractivity contribution in [3.05, 3.63) is 32.9 Å². The lowest BCUT2D eigenvalue weighted by molar-refractivity contribution is 0.451. The van der Waals surface area contributed by atoms with Gasteiger partial charge >= 0.3 is 0 Å². The first-order valence-corrected chi connectivity index (χ1v) is 7.67. The van der Waals surface area contributed by atoms with Gasteiger partial charge in [0.25, 0.3) is 0 Å². The molecule has 0 radical (unpaired) electrons. The Hall–Kier alpha value is -0.320. The van der Waals surface area contributed by atoms with Crippen LogP contribution in [0.25, 0.3) is 0 Å². The van der Waals surface area contributed by atoms with Gasteiger partial charge < -0.3 is 5.73 Å². The van der Waals surface area contributed by atoms with E-state index >= 15 is 0 Å². The molecule has 4 nitrogen and oxygen atoms in total. The summed E-state index contributed by atoms with van der Waals surface area (Å²) in [7, 11) is -2.40. The highest BCUT2D eigenvalue weighted by atomic mass is 127. The van der Waals surface area contributed by atoms with Gasteiger partial charge in [-0.05, 0) is 48.7 Å². The molecule has 0 amide bonds. The molecule has 0 fully saturated rings. The Morgan fingerprint density at radius 1 is 1.44 bits per heavy atom. The third-order valence-electron chi connectivity index (χ3n) is 2.41. The fraction of sp³-hybridized carbons (Fsp3) is 0.400. The number of sulfonamides is 1. The number of hydrogen-bond acceptors (Lipinski definition) is 3. The molecule has 0 aliphatic rings. The van der Waals surface area contributed by atoms with Crippen LogP contribution in [0.4, 0.5) is 8.78 Å². The average molecular weight is 390 g/mol. The van der Waals surface area contributed by atoms with Crippen LogP contribution in [0.15, 0.2) is 12.1 Å². The molecule has 0 saturated heterocycles. The van der Waals surface area contributed by atoms with Gasteiger partial charge in [-0.25, -0.2) is 21.9 Å². The maximum Gasteiger partial charge on any atom is 0.213 e. The Morgan fingerprint density at radius 2 is 2.00 bits per heavy atom. The van der Waals surface area contributed by atoms with E-state index in [-0.39, 0.29) is 5.56 Å². The molecule has 0 heterocycles. The van der Waals surface area contributed by atoms with E-state index < -0.39 is 32.9 Å². The van der Waals surface area contributed by atoms with E-state index in [4.69, 9.17) is 5.73 Å². The second kappa shape index (κ2) is 5.35.